The van der Waals surface area contributed by atoms with Gasteiger partial charge in [0.15, 0.2) is 0 Å². The first-order chi connectivity index (χ1) is 8.84. The fraction of sp³-hybridized carbons (Fsp3) is 0.357. The molecule has 0 spiro atoms. The first-order valence-electron chi connectivity index (χ1n) is 6.37. The van der Waals surface area contributed by atoms with E-state index >= 15 is 0 Å². The van der Waals surface area contributed by atoms with Crippen molar-refractivity contribution in [2.75, 3.05) is 13.1 Å². The van der Waals surface area contributed by atoms with E-state index in [0.717, 1.165) is 37.3 Å². The maximum atomic E-state index is 9.34. The molecule has 94 valence electrons. The van der Waals surface area contributed by atoms with E-state index in [1.54, 1.807) is 12.1 Å². The molecule has 4 nitrogen and oxygen atoms in total. The summed E-state index contributed by atoms with van der Waals surface area (Å²) < 4.78 is 2.26. The third-order valence-electron chi connectivity index (χ3n) is 3.50. The lowest BCUT2D eigenvalue weighted by Crippen LogP contribution is -2.29. The van der Waals surface area contributed by atoms with Crippen LogP contribution >= 0.6 is 0 Å². The highest BCUT2D eigenvalue weighted by Crippen LogP contribution is 2.27. The van der Waals surface area contributed by atoms with E-state index in [1.807, 2.05) is 18.3 Å². The fourth-order valence-corrected chi connectivity index (χ4v) is 2.53. The second-order valence-corrected chi connectivity index (χ2v) is 4.69. The van der Waals surface area contributed by atoms with E-state index in [-0.39, 0.29) is 0 Å². The van der Waals surface area contributed by atoms with Crippen LogP contribution in [-0.4, -0.2) is 27.7 Å². The van der Waals surface area contributed by atoms with Crippen LogP contribution in [-0.2, 0) is 0 Å². The molecule has 0 bridgehead atoms. The van der Waals surface area contributed by atoms with Crippen LogP contribution in [0.25, 0.3) is 11.4 Å². The quantitative estimate of drug-likeness (QED) is 0.850. The zero-order valence-corrected chi connectivity index (χ0v) is 10.2. The number of rotatable bonds is 2. The molecule has 18 heavy (non-hydrogen) atoms. The van der Waals surface area contributed by atoms with Gasteiger partial charge in [0.2, 0.25) is 0 Å². The number of hydrogen-bond acceptors (Lipinski definition) is 3. The van der Waals surface area contributed by atoms with Crippen molar-refractivity contribution in [3.8, 4) is 17.1 Å². The maximum Gasteiger partial charge on any atom is 0.140 e. The summed E-state index contributed by atoms with van der Waals surface area (Å²) >= 11 is 0. The van der Waals surface area contributed by atoms with Crippen LogP contribution in [0.3, 0.4) is 0 Å². The van der Waals surface area contributed by atoms with Gasteiger partial charge >= 0.3 is 0 Å². The van der Waals surface area contributed by atoms with Gasteiger partial charge in [-0.2, -0.15) is 0 Å². The zero-order valence-electron chi connectivity index (χ0n) is 10.2. The summed E-state index contributed by atoms with van der Waals surface area (Å²) in [7, 11) is 0. The van der Waals surface area contributed by atoms with Crippen molar-refractivity contribution in [3.05, 3.63) is 36.7 Å². The summed E-state index contributed by atoms with van der Waals surface area (Å²) in [6.07, 6.45) is 6.19. The summed E-state index contributed by atoms with van der Waals surface area (Å²) in [6, 6.07) is 7.76. The Morgan fingerprint density at radius 3 is 2.61 bits per heavy atom. The number of imidazole rings is 1. The normalized spacial score (nSPS) is 16.9. The van der Waals surface area contributed by atoms with Gasteiger partial charge in [0.05, 0.1) is 0 Å². The van der Waals surface area contributed by atoms with Crippen LogP contribution in [0.2, 0.25) is 0 Å². The van der Waals surface area contributed by atoms with Gasteiger partial charge in [0.1, 0.15) is 11.6 Å². The summed E-state index contributed by atoms with van der Waals surface area (Å²) in [6.45, 7) is 2.13. The molecular weight excluding hydrogens is 226 g/mol. The van der Waals surface area contributed by atoms with Gasteiger partial charge in [0, 0.05) is 24.0 Å². The number of benzene rings is 1. The monoisotopic (exact) mass is 243 g/mol. The summed E-state index contributed by atoms with van der Waals surface area (Å²) in [5, 5.41) is 12.7. The molecule has 2 N–H and O–H groups in total. The molecule has 0 saturated carbocycles. The minimum atomic E-state index is 0.290. The third kappa shape index (κ3) is 2.11. The molecule has 1 aromatic heterocycles. The molecule has 1 saturated heterocycles. The molecule has 0 aliphatic carbocycles. The van der Waals surface area contributed by atoms with Crippen LogP contribution in [0.15, 0.2) is 36.7 Å². The molecule has 1 aliphatic heterocycles. The molecule has 0 atom stereocenters. The van der Waals surface area contributed by atoms with E-state index in [4.69, 9.17) is 0 Å². The van der Waals surface area contributed by atoms with Crippen LogP contribution in [0.4, 0.5) is 0 Å². The second-order valence-electron chi connectivity index (χ2n) is 4.69. The molecule has 1 aromatic carbocycles. The first kappa shape index (κ1) is 11.3. The Labute approximate surface area is 106 Å². The number of hydrogen-bond donors (Lipinski definition) is 2. The molecule has 2 heterocycles. The van der Waals surface area contributed by atoms with Crippen molar-refractivity contribution in [2.45, 2.75) is 18.9 Å². The van der Waals surface area contributed by atoms with Gasteiger partial charge in [0.25, 0.3) is 0 Å². The predicted octanol–water partition coefficient (Wildman–Crippen LogP) is 2.18. The highest BCUT2D eigenvalue weighted by atomic mass is 16.3. The maximum absolute atomic E-state index is 9.34. The van der Waals surface area contributed by atoms with E-state index in [2.05, 4.69) is 21.1 Å². The van der Waals surface area contributed by atoms with Crippen LogP contribution in [0.1, 0.15) is 18.9 Å². The average Bonchev–Trinajstić information content (AvgIpc) is 2.90. The number of nitrogens with zero attached hydrogens (tertiary/aromatic N) is 2. The molecule has 0 radical (unpaired) electrons. The fourth-order valence-electron chi connectivity index (χ4n) is 2.53. The van der Waals surface area contributed by atoms with Crippen molar-refractivity contribution in [1.29, 1.82) is 0 Å². The predicted molar refractivity (Wildman–Crippen MR) is 70.5 cm³/mol. The number of piperidine rings is 1. The largest absolute Gasteiger partial charge is 0.508 e. The van der Waals surface area contributed by atoms with Gasteiger partial charge in [-0.25, -0.2) is 4.98 Å². The molecule has 3 rings (SSSR count). The summed E-state index contributed by atoms with van der Waals surface area (Å²) in [5.41, 5.74) is 1.05. The van der Waals surface area contributed by atoms with Crippen molar-refractivity contribution in [2.24, 2.45) is 0 Å². The van der Waals surface area contributed by atoms with E-state index < -0.39 is 0 Å². The molecule has 0 amide bonds. The molecule has 4 heteroatoms. The SMILES string of the molecule is Oc1ccc(-c2nccn2C2CCNCC2)cc1. The Kier molecular flexibility index (Phi) is 3.02. The highest BCUT2D eigenvalue weighted by molar-refractivity contribution is 5.56. The smallest absolute Gasteiger partial charge is 0.140 e. The van der Waals surface area contributed by atoms with Gasteiger partial charge < -0.3 is 15.0 Å². The zero-order chi connectivity index (χ0) is 12.4. The van der Waals surface area contributed by atoms with Gasteiger partial charge in [-0.15, -0.1) is 0 Å². The second kappa shape index (κ2) is 4.82. The number of aromatic nitrogens is 2. The number of nitrogens with one attached hydrogen (secondary N) is 1. The van der Waals surface area contributed by atoms with Crippen molar-refractivity contribution >= 4 is 0 Å². The van der Waals surface area contributed by atoms with Crippen molar-refractivity contribution < 1.29 is 5.11 Å². The molecule has 2 aromatic rings. The summed E-state index contributed by atoms with van der Waals surface area (Å²) in [4.78, 5) is 4.45. The average molecular weight is 243 g/mol. The number of phenols is 1. The van der Waals surface area contributed by atoms with E-state index in [9.17, 15) is 5.11 Å². The Balaban J connectivity index is 1.93. The van der Waals surface area contributed by atoms with Crippen LogP contribution in [0, 0.1) is 0 Å². The third-order valence-corrected chi connectivity index (χ3v) is 3.50. The molecule has 1 aliphatic rings. The van der Waals surface area contributed by atoms with Crippen LogP contribution in [0.5, 0.6) is 5.75 Å². The van der Waals surface area contributed by atoms with Crippen molar-refractivity contribution in [3.63, 3.8) is 0 Å². The van der Waals surface area contributed by atoms with Gasteiger partial charge in [-0.1, -0.05) is 0 Å². The van der Waals surface area contributed by atoms with Gasteiger partial charge in [-0.05, 0) is 50.2 Å². The Hall–Kier alpha value is -1.81. The lowest BCUT2D eigenvalue weighted by atomic mass is 10.1. The number of aromatic hydroxyl groups is 1. The Morgan fingerprint density at radius 2 is 1.89 bits per heavy atom. The number of phenolic OH excluding ortho intramolecular Hbond substituents is 1. The van der Waals surface area contributed by atoms with E-state index in [1.165, 1.54) is 0 Å². The lowest BCUT2D eigenvalue weighted by molar-refractivity contribution is 0.370. The minimum absolute atomic E-state index is 0.290. The highest BCUT2D eigenvalue weighted by Gasteiger charge is 2.18. The minimum Gasteiger partial charge on any atom is -0.508 e. The first-order valence-corrected chi connectivity index (χ1v) is 6.37. The Bertz CT molecular complexity index is 512. The molecular formula is C14H17N3O. The lowest BCUT2D eigenvalue weighted by Gasteiger charge is -2.25. The standard InChI is InChI=1S/C14H17N3O/c18-13-3-1-11(2-4-13)14-16-9-10-17(14)12-5-7-15-8-6-12/h1-4,9-10,12,15,18H,5-8H2. The topological polar surface area (TPSA) is 50.1 Å². The van der Waals surface area contributed by atoms with E-state index in [0.29, 0.717) is 11.8 Å². The molecule has 0 unspecified atom stereocenters. The van der Waals surface area contributed by atoms with Crippen LogP contribution < -0.4 is 5.32 Å². The van der Waals surface area contributed by atoms with Crippen molar-refractivity contribution in [1.82, 2.24) is 14.9 Å². The molecule has 1 fully saturated rings. The Morgan fingerprint density at radius 1 is 1.17 bits per heavy atom. The van der Waals surface area contributed by atoms with Gasteiger partial charge in [-0.3, -0.25) is 0 Å². The summed E-state index contributed by atoms with van der Waals surface area (Å²) in [5.74, 6) is 1.28.